The van der Waals surface area contributed by atoms with Crippen LogP contribution in [0.5, 0.6) is 0 Å². The van der Waals surface area contributed by atoms with Gasteiger partial charge in [0.25, 0.3) is 0 Å². The van der Waals surface area contributed by atoms with Crippen molar-refractivity contribution in [3.8, 4) is 0 Å². The first-order valence-corrected chi connectivity index (χ1v) is 5.45. The molecule has 0 aliphatic carbocycles. The van der Waals surface area contributed by atoms with Gasteiger partial charge in [0.2, 0.25) is 0 Å². The summed E-state index contributed by atoms with van der Waals surface area (Å²) in [5, 5.41) is 0. The first-order chi connectivity index (χ1) is 6.01. The second-order valence-corrected chi connectivity index (χ2v) is 4.24. The van der Waals surface area contributed by atoms with E-state index in [2.05, 4.69) is 0 Å². The monoisotopic (exact) mass is 224 g/mol. The van der Waals surface area contributed by atoms with E-state index in [0.717, 1.165) is 4.90 Å². The molecule has 0 spiro atoms. The van der Waals surface area contributed by atoms with Crippen molar-refractivity contribution in [1.82, 2.24) is 0 Å². The zero-order valence-corrected chi connectivity index (χ0v) is 8.39. The van der Waals surface area contributed by atoms with Crippen LogP contribution in [0, 0.1) is 0 Å². The van der Waals surface area contributed by atoms with Crippen LogP contribution in [-0.4, -0.2) is 11.8 Å². The van der Waals surface area contributed by atoms with Gasteiger partial charge in [0.05, 0.1) is 0 Å². The summed E-state index contributed by atoms with van der Waals surface area (Å²) in [6.45, 7) is 0. The Balaban J connectivity index is 2.78. The summed E-state index contributed by atoms with van der Waals surface area (Å²) < 4.78 is 35.8. The van der Waals surface area contributed by atoms with E-state index in [4.69, 9.17) is 0 Å². The highest BCUT2D eigenvalue weighted by molar-refractivity contribution is 8.00. The fourth-order valence-electron chi connectivity index (χ4n) is 0.798. The van der Waals surface area contributed by atoms with Crippen molar-refractivity contribution in [2.75, 3.05) is 6.26 Å². The molecule has 1 rings (SSSR count). The van der Waals surface area contributed by atoms with Gasteiger partial charge in [0, 0.05) is 9.79 Å². The molecule has 0 amide bonds. The molecule has 72 valence electrons. The highest BCUT2D eigenvalue weighted by Crippen LogP contribution is 2.37. The molecule has 0 radical (unpaired) electrons. The summed E-state index contributed by atoms with van der Waals surface area (Å²) in [6, 6.07) is 6.39. The number of hydrogen-bond donors (Lipinski definition) is 0. The molecule has 0 bridgehead atoms. The van der Waals surface area contributed by atoms with E-state index in [0.29, 0.717) is 0 Å². The summed E-state index contributed by atoms with van der Waals surface area (Å²) in [7, 11) is 0. The standard InChI is InChI=1S/C8H7F3S2/c1-12-6-3-2-4-7(5-6)13-8(9,10)11/h2-5H,1H3. The van der Waals surface area contributed by atoms with Crippen molar-refractivity contribution in [3.05, 3.63) is 24.3 Å². The lowest BCUT2D eigenvalue weighted by Gasteiger charge is -2.05. The lowest BCUT2D eigenvalue weighted by atomic mass is 10.4. The summed E-state index contributed by atoms with van der Waals surface area (Å²) in [4.78, 5) is 1.08. The van der Waals surface area contributed by atoms with E-state index in [1.165, 1.54) is 23.9 Å². The molecule has 1 aromatic carbocycles. The number of benzene rings is 1. The molecule has 0 atom stereocenters. The molecule has 0 nitrogen and oxygen atoms in total. The van der Waals surface area contributed by atoms with Crippen molar-refractivity contribution in [2.45, 2.75) is 15.3 Å². The van der Waals surface area contributed by atoms with Gasteiger partial charge in [0.15, 0.2) is 0 Å². The zero-order chi connectivity index (χ0) is 9.90. The highest BCUT2D eigenvalue weighted by atomic mass is 32.2. The van der Waals surface area contributed by atoms with E-state index < -0.39 is 5.51 Å². The molecule has 5 heteroatoms. The second kappa shape index (κ2) is 4.28. The van der Waals surface area contributed by atoms with Crippen molar-refractivity contribution < 1.29 is 13.2 Å². The molecule has 0 saturated heterocycles. The van der Waals surface area contributed by atoms with Crippen LogP contribution in [0.25, 0.3) is 0 Å². The van der Waals surface area contributed by atoms with Gasteiger partial charge >= 0.3 is 5.51 Å². The molecule has 1 aromatic rings. The van der Waals surface area contributed by atoms with E-state index >= 15 is 0 Å². The van der Waals surface area contributed by atoms with Crippen molar-refractivity contribution in [2.24, 2.45) is 0 Å². The zero-order valence-electron chi connectivity index (χ0n) is 6.76. The number of hydrogen-bond acceptors (Lipinski definition) is 2. The minimum Gasteiger partial charge on any atom is -0.160 e. The molecule has 0 fully saturated rings. The molecule has 0 aromatic heterocycles. The fraction of sp³-hybridized carbons (Fsp3) is 0.250. The minimum atomic E-state index is -4.20. The summed E-state index contributed by atoms with van der Waals surface area (Å²) in [5.41, 5.74) is -4.20. The number of alkyl halides is 3. The van der Waals surface area contributed by atoms with E-state index in [1.54, 1.807) is 12.1 Å². The topological polar surface area (TPSA) is 0 Å². The third kappa shape index (κ3) is 3.95. The van der Waals surface area contributed by atoms with Gasteiger partial charge in [-0.2, -0.15) is 13.2 Å². The Morgan fingerprint density at radius 3 is 2.31 bits per heavy atom. The predicted octanol–water partition coefficient (Wildman–Crippen LogP) is 4.02. The maximum Gasteiger partial charge on any atom is 0.446 e. The third-order valence-electron chi connectivity index (χ3n) is 1.27. The summed E-state index contributed by atoms with van der Waals surface area (Å²) in [6.07, 6.45) is 1.83. The van der Waals surface area contributed by atoms with E-state index in [9.17, 15) is 13.2 Å². The molecule has 0 heterocycles. The van der Waals surface area contributed by atoms with Crippen LogP contribution in [0.1, 0.15) is 0 Å². The number of thioether (sulfide) groups is 2. The predicted molar refractivity (Wildman–Crippen MR) is 50.1 cm³/mol. The molecule has 13 heavy (non-hydrogen) atoms. The molecule has 0 N–H and O–H groups in total. The van der Waals surface area contributed by atoms with Gasteiger partial charge in [-0.05, 0) is 36.2 Å². The van der Waals surface area contributed by atoms with Crippen LogP contribution in [-0.2, 0) is 0 Å². The van der Waals surface area contributed by atoms with Crippen LogP contribution in [0.15, 0.2) is 34.1 Å². The Bertz CT molecular complexity index is 283. The maximum absolute atomic E-state index is 11.9. The van der Waals surface area contributed by atoms with Gasteiger partial charge in [0.1, 0.15) is 0 Å². The van der Waals surface area contributed by atoms with Gasteiger partial charge in [-0.15, -0.1) is 11.8 Å². The van der Waals surface area contributed by atoms with Crippen LogP contribution in [0.4, 0.5) is 13.2 Å². The maximum atomic E-state index is 11.9. The van der Waals surface area contributed by atoms with Crippen LogP contribution in [0.2, 0.25) is 0 Å². The van der Waals surface area contributed by atoms with Crippen LogP contribution < -0.4 is 0 Å². The van der Waals surface area contributed by atoms with Gasteiger partial charge in [-0.1, -0.05) is 6.07 Å². The SMILES string of the molecule is CSc1cccc(SC(F)(F)F)c1. The first kappa shape index (κ1) is 10.8. The smallest absolute Gasteiger partial charge is 0.160 e. The molecule has 0 unspecified atom stereocenters. The Hall–Kier alpha value is -0.290. The first-order valence-electron chi connectivity index (χ1n) is 3.41. The molecular formula is C8H7F3S2. The minimum absolute atomic E-state index is 0.0831. The Labute approximate surface area is 82.9 Å². The molecule has 0 aliphatic rings. The van der Waals surface area contributed by atoms with E-state index in [1.807, 2.05) is 6.26 Å². The van der Waals surface area contributed by atoms with Crippen LogP contribution in [0.3, 0.4) is 0 Å². The van der Waals surface area contributed by atoms with Gasteiger partial charge < -0.3 is 0 Å². The Morgan fingerprint density at radius 2 is 1.77 bits per heavy atom. The molecule has 0 aliphatic heterocycles. The Kier molecular flexibility index (Phi) is 3.55. The quantitative estimate of drug-likeness (QED) is 0.696. The lowest BCUT2D eigenvalue weighted by Crippen LogP contribution is -1.98. The highest BCUT2D eigenvalue weighted by Gasteiger charge is 2.29. The number of rotatable bonds is 2. The van der Waals surface area contributed by atoms with Crippen molar-refractivity contribution in [3.63, 3.8) is 0 Å². The fourth-order valence-corrected chi connectivity index (χ4v) is 1.93. The Morgan fingerprint density at radius 1 is 1.15 bits per heavy atom. The third-order valence-corrected chi connectivity index (χ3v) is 2.72. The average Bonchev–Trinajstić information content (AvgIpc) is 2.01. The van der Waals surface area contributed by atoms with E-state index in [-0.39, 0.29) is 16.7 Å². The molecule has 0 saturated carbocycles. The average molecular weight is 224 g/mol. The number of halogens is 3. The molecular weight excluding hydrogens is 217 g/mol. The summed E-state index contributed by atoms with van der Waals surface area (Å²) in [5.74, 6) is 0. The largest absolute Gasteiger partial charge is 0.446 e. The second-order valence-electron chi connectivity index (χ2n) is 2.23. The van der Waals surface area contributed by atoms with Gasteiger partial charge in [-0.25, -0.2) is 0 Å². The van der Waals surface area contributed by atoms with Crippen LogP contribution >= 0.6 is 23.5 Å². The summed E-state index contributed by atoms with van der Waals surface area (Å²) >= 11 is 1.35. The van der Waals surface area contributed by atoms with Crippen molar-refractivity contribution >= 4 is 23.5 Å². The van der Waals surface area contributed by atoms with Crippen molar-refractivity contribution in [1.29, 1.82) is 0 Å². The normalized spacial score (nSPS) is 11.7. The van der Waals surface area contributed by atoms with Gasteiger partial charge in [-0.3, -0.25) is 0 Å². The lowest BCUT2D eigenvalue weighted by molar-refractivity contribution is -0.0328.